The van der Waals surface area contributed by atoms with Gasteiger partial charge in [0.05, 0.1) is 17.8 Å². The number of aromatic nitrogens is 1. The number of pyridine rings is 1. The van der Waals surface area contributed by atoms with Crippen molar-refractivity contribution >= 4 is 10.9 Å². The fraction of sp³-hybridized carbons (Fsp3) is 0.118. The van der Waals surface area contributed by atoms with Gasteiger partial charge in [0.15, 0.2) is 0 Å². The summed E-state index contributed by atoms with van der Waals surface area (Å²) in [6.07, 6.45) is 0. The quantitative estimate of drug-likeness (QED) is 0.765. The van der Waals surface area contributed by atoms with Crippen LogP contribution in [-0.2, 0) is 6.61 Å². The summed E-state index contributed by atoms with van der Waals surface area (Å²) in [7, 11) is 0. The molecule has 0 saturated heterocycles. The fourth-order valence-corrected chi connectivity index (χ4v) is 2.31. The summed E-state index contributed by atoms with van der Waals surface area (Å²) >= 11 is 0. The summed E-state index contributed by atoms with van der Waals surface area (Å²) in [4.78, 5) is 4.56. The van der Waals surface area contributed by atoms with Gasteiger partial charge in [-0.3, -0.25) is 0 Å². The lowest BCUT2D eigenvalue weighted by Gasteiger charge is -2.08. The van der Waals surface area contributed by atoms with E-state index in [2.05, 4.69) is 4.98 Å². The van der Waals surface area contributed by atoms with Crippen LogP contribution in [0, 0.1) is 12.7 Å². The maximum atomic E-state index is 13.3. The third-order valence-electron chi connectivity index (χ3n) is 3.38. The Kier molecular flexibility index (Phi) is 3.20. The van der Waals surface area contributed by atoms with E-state index in [0.717, 1.165) is 27.8 Å². The Balaban J connectivity index is 2.16. The van der Waals surface area contributed by atoms with Crippen molar-refractivity contribution in [3.8, 4) is 11.3 Å². The lowest BCUT2D eigenvalue weighted by atomic mass is 10.0. The first-order valence-corrected chi connectivity index (χ1v) is 6.44. The van der Waals surface area contributed by atoms with Crippen molar-refractivity contribution in [2.75, 3.05) is 0 Å². The van der Waals surface area contributed by atoms with Crippen LogP contribution in [0.4, 0.5) is 4.39 Å². The van der Waals surface area contributed by atoms with Crippen LogP contribution in [0.2, 0.25) is 0 Å². The second-order valence-corrected chi connectivity index (χ2v) is 4.85. The fourth-order valence-electron chi connectivity index (χ4n) is 2.31. The molecular weight excluding hydrogens is 253 g/mol. The molecule has 0 aliphatic heterocycles. The maximum Gasteiger partial charge on any atom is 0.125 e. The third-order valence-corrected chi connectivity index (χ3v) is 3.38. The van der Waals surface area contributed by atoms with Crippen LogP contribution in [-0.4, -0.2) is 10.1 Å². The molecule has 3 heteroatoms. The molecule has 1 heterocycles. The number of nitrogens with zero attached hydrogens (tertiary/aromatic N) is 1. The van der Waals surface area contributed by atoms with Gasteiger partial charge in [0.1, 0.15) is 5.82 Å². The lowest BCUT2D eigenvalue weighted by molar-refractivity contribution is 0.282. The molecule has 1 N–H and O–H groups in total. The zero-order valence-electron chi connectivity index (χ0n) is 11.1. The van der Waals surface area contributed by atoms with Crippen LogP contribution >= 0.6 is 0 Å². The van der Waals surface area contributed by atoms with Crippen molar-refractivity contribution in [3.05, 3.63) is 65.5 Å². The molecule has 0 amide bonds. The normalized spacial score (nSPS) is 10.9. The molecule has 2 nitrogen and oxygen atoms in total. The highest BCUT2D eigenvalue weighted by molar-refractivity contribution is 5.83. The summed E-state index contributed by atoms with van der Waals surface area (Å²) < 4.78 is 13.3. The molecule has 3 aromatic rings. The standard InChI is InChI=1S/C17H14FNO/c1-11-8-14-6-7-15(18)9-16(14)19-17(11)13-4-2-12(10-20)3-5-13/h2-9,20H,10H2,1H3. The molecule has 0 radical (unpaired) electrons. The first-order valence-electron chi connectivity index (χ1n) is 6.44. The van der Waals surface area contributed by atoms with E-state index in [0.29, 0.717) is 5.52 Å². The van der Waals surface area contributed by atoms with Gasteiger partial charge in [0.25, 0.3) is 0 Å². The molecule has 0 saturated carbocycles. The molecule has 2 aromatic carbocycles. The number of rotatable bonds is 2. The van der Waals surface area contributed by atoms with E-state index in [1.165, 1.54) is 12.1 Å². The maximum absolute atomic E-state index is 13.3. The van der Waals surface area contributed by atoms with Crippen molar-refractivity contribution in [3.63, 3.8) is 0 Å². The summed E-state index contributed by atoms with van der Waals surface area (Å²) in [6.45, 7) is 2.01. The molecular formula is C17H14FNO. The number of aliphatic hydroxyl groups is 1. The van der Waals surface area contributed by atoms with Crippen molar-refractivity contribution in [2.24, 2.45) is 0 Å². The van der Waals surface area contributed by atoms with Crippen LogP contribution in [0.3, 0.4) is 0 Å². The highest BCUT2D eigenvalue weighted by Gasteiger charge is 2.07. The SMILES string of the molecule is Cc1cc2ccc(F)cc2nc1-c1ccc(CO)cc1. The Bertz CT molecular complexity index is 766. The number of aliphatic hydroxyl groups excluding tert-OH is 1. The van der Waals surface area contributed by atoms with Gasteiger partial charge >= 0.3 is 0 Å². The third kappa shape index (κ3) is 2.28. The van der Waals surface area contributed by atoms with E-state index in [9.17, 15) is 4.39 Å². The summed E-state index contributed by atoms with van der Waals surface area (Å²) in [5.74, 6) is -0.282. The van der Waals surface area contributed by atoms with Crippen LogP contribution in [0.5, 0.6) is 0 Å². The van der Waals surface area contributed by atoms with Crippen molar-refractivity contribution in [1.82, 2.24) is 4.98 Å². The summed E-state index contributed by atoms with van der Waals surface area (Å²) in [6, 6.07) is 14.2. The van der Waals surface area contributed by atoms with Gasteiger partial charge in [-0.05, 0) is 36.2 Å². The van der Waals surface area contributed by atoms with Gasteiger partial charge in [0.2, 0.25) is 0 Å². The van der Waals surface area contributed by atoms with Crippen molar-refractivity contribution < 1.29 is 9.50 Å². The van der Waals surface area contributed by atoms with Gasteiger partial charge < -0.3 is 5.11 Å². The van der Waals surface area contributed by atoms with E-state index in [4.69, 9.17) is 5.11 Å². The number of aryl methyl sites for hydroxylation is 1. The molecule has 100 valence electrons. The minimum absolute atomic E-state index is 0.0234. The molecule has 0 spiro atoms. The first kappa shape index (κ1) is 12.8. The molecule has 0 aliphatic rings. The molecule has 0 unspecified atom stereocenters. The van der Waals surface area contributed by atoms with E-state index in [1.54, 1.807) is 6.07 Å². The highest BCUT2D eigenvalue weighted by atomic mass is 19.1. The average molecular weight is 267 g/mol. The molecule has 3 rings (SSSR count). The topological polar surface area (TPSA) is 33.1 Å². The zero-order valence-corrected chi connectivity index (χ0v) is 11.1. The molecule has 0 fully saturated rings. The van der Waals surface area contributed by atoms with Gasteiger partial charge in [-0.25, -0.2) is 9.37 Å². The number of hydrogen-bond acceptors (Lipinski definition) is 2. The second-order valence-electron chi connectivity index (χ2n) is 4.85. The Morgan fingerprint density at radius 2 is 1.80 bits per heavy atom. The number of benzene rings is 2. The van der Waals surface area contributed by atoms with Crippen molar-refractivity contribution in [1.29, 1.82) is 0 Å². The monoisotopic (exact) mass is 267 g/mol. The van der Waals surface area contributed by atoms with Gasteiger partial charge in [-0.1, -0.05) is 24.3 Å². The molecule has 0 aliphatic carbocycles. The van der Waals surface area contributed by atoms with E-state index in [-0.39, 0.29) is 12.4 Å². The van der Waals surface area contributed by atoms with E-state index >= 15 is 0 Å². The van der Waals surface area contributed by atoms with Crippen LogP contribution < -0.4 is 0 Å². The predicted octanol–water partition coefficient (Wildman–Crippen LogP) is 3.84. The van der Waals surface area contributed by atoms with Crippen LogP contribution in [0.1, 0.15) is 11.1 Å². The zero-order chi connectivity index (χ0) is 14.1. The minimum atomic E-state index is -0.282. The van der Waals surface area contributed by atoms with Gasteiger partial charge in [-0.2, -0.15) is 0 Å². The number of fused-ring (bicyclic) bond motifs is 1. The Morgan fingerprint density at radius 1 is 1.05 bits per heavy atom. The van der Waals surface area contributed by atoms with Crippen LogP contribution in [0.25, 0.3) is 22.2 Å². The largest absolute Gasteiger partial charge is 0.392 e. The highest BCUT2D eigenvalue weighted by Crippen LogP contribution is 2.25. The second kappa shape index (κ2) is 5.02. The van der Waals surface area contributed by atoms with Crippen LogP contribution in [0.15, 0.2) is 48.5 Å². The lowest BCUT2D eigenvalue weighted by Crippen LogP contribution is -1.91. The van der Waals surface area contributed by atoms with E-state index < -0.39 is 0 Å². The molecule has 1 aromatic heterocycles. The average Bonchev–Trinajstić information content (AvgIpc) is 2.47. The molecule has 20 heavy (non-hydrogen) atoms. The van der Waals surface area contributed by atoms with Gasteiger partial charge in [-0.15, -0.1) is 0 Å². The minimum Gasteiger partial charge on any atom is -0.392 e. The molecule has 0 atom stereocenters. The van der Waals surface area contributed by atoms with E-state index in [1.807, 2.05) is 37.3 Å². The first-order chi connectivity index (χ1) is 9.67. The Labute approximate surface area is 116 Å². The summed E-state index contributed by atoms with van der Waals surface area (Å²) in [5.41, 5.74) is 4.36. The Morgan fingerprint density at radius 3 is 2.50 bits per heavy atom. The smallest absolute Gasteiger partial charge is 0.125 e. The molecule has 0 bridgehead atoms. The Hall–Kier alpha value is -2.26. The number of hydrogen-bond donors (Lipinski definition) is 1. The predicted molar refractivity (Wildman–Crippen MR) is 77.8 cm³/mol. The van der Waals surface area contributed by atoms with Gasteiger partial charge in [0, 0.05) is 17.0 Å². The number of halogens is 1. The van der Waals surface area contributed by atoms with Crippen molar-refractivity contribution in [2.45, 2.75) is 13.5 Å². The summed E-state index contributed by atoms with van der Waals surface area (Å²) in [5, 5.41) is 10.00.